The molecule has 0 aliphatic heterocycles. The number of allylic oxidation sites excluding steroid dienone is 4. The van der Waals surface area contributed by atoms with Crippen molar-refractivity contribution in [3.8, 4) is 22.8 Å². The average Bonchev–Trinajstić information content (AvgIpc) is 3.32. The van der Waals surface area contributed by atoms with Gasteiger partial charge in [-0.1, -0.05) is 12.2 Å². The smallest absolute Gasteiger partial charge is 0.418 e. The molecule has 0 spiro atoms. The molecule has 0 N–H and O–H groups in total. The molecule has 30 heavy (non-hydrogen) atoms. The fourth-order valence-electron chi connectivity index (χ4n) is 3.45. The third-order valence-corrected chi connectivity index (χ3v) is 4.86. The highest BCUT2D eigenvalue weighted by atomic mass is 19.4. The number of imidazole rings is 1. The van der Waals surface area contributed by atoms with E-state index in [4.69, 9.17) is 4.74 Å². The number of aryl methyl sites for hydroxylation is 2. The Bertz CT molecular complexity index is 1150. The third-order valence-electron chi connectivity index (χ3n) is 4.86. The highest BCUT2D eigenvalue weighted by Crippen LogP contribution is 2.37. The molecule has 0 fully saturated rings. The summed E-state index contributed by atoms with van der Waals surface area (Å²) in [5, 5.41) is 4.37. The highest BCUT2D eigenvalue weighted by Gasteiger charge is 2.38. The fourth-order valence-corrected chi connectivity index (χ4v) is 3.45. The minimum Gasteiger partial charge on any atom is -0.495 e. The van der Waals surface area contributed by atoms with Gasteiger partial charge in [0, 0.05) is 11.8 Å². The predicted octanol–water partition coefficient (Wildman–Crippen LogP) is 4.88. The van der Waals surface area contributed by atoms with Crippen LogP contribution in [0.2, 0.25) is 0 Å². The van der Waals surface area contributed by atoms with Gasteiger partial charge in [-0.25, -0.2) is 14.6 Å². The van der Waals surface area contributed by atoms with Crippen LogP contribution in [0.4, 0.5) is 13.2 Å². The van der Waals surface area contributed by atoms with E-state index < -0.39 is 11.7 Å². The van der Waals surface area contributed by atoms with Gasteiger partial charge in [0.15, 0.2) is 5.82 Å². The Morgan fingerprint density at radius 2 is 1.87 bits per heavy atom. The van der Waals surface area contributed by atoms with E-state index in [9.17, 15) is 13.2 Å². The topological polar surface area (TPSA) is 57.8 Å². The van der Waals surface area contributed by atoms with Crippen LogP contribution in [0.15, 0.2) is 48.4 Å². The molecule has 2 aromatic heterocycles. The van der Waals surface area contributed by atoms with Crippen LogP contribution >= 0.6 is 0 Å². The van der Waals surface area contributed by atoms with Crippen LogP contribution in [0, 0.1) is 13.8 Å². The van der Waals surface area contributed by atoms with Crippen molar-refractivity contribution in [1.82, 2.24) is 24.3 Å². The maximum Gasteiger partial charge on any atom is 0.418 e. The number of nitrogens with zero attached hydrogens (tertiary/aromatic N) is 5. The summed E-state index contributed by atoms with van der Waals surface area (Å²) in [4.78, 5) is 8.61. The number of ether oxygens (including phenoxy) is 1. The van der Waals surface area contributed by atoms with Gasteiger partial charge in [0.05, 0.1) is 36.1 Å². The minimum atomic E-state index is -4.45. The molecular formula is C21H20F3N5O. The molecule has 0 atom stereocenters. The SMILES string of the molecule is COc1cc(-c2nc(C)n(C3=CCCC=C3C(F)(F)F)n2)ccc1-n1cnc(C)c1. The molecule has 1 aromatic carbocycles. The number of methoxy groups -OCH3 is 1. The fraction of sp³-hybridized carbons (Fsp3) is 0.286. The number of alkyl halides is 3. The lowest BCUT2D eigenvalue weighted by Crippen LogP contribution is -2.19. The molecular weight excluding hydrogens is 395 g/mol. The zero-order valence-electron chi connectivity index (χ0n) is 16.7. The summed E-state index contributed by atoms with van der Waals surface area (Å²) >= 11 is 0. The van der Waals surface area contributed by atoms with Crippen LogP contribution in [0.5, 0.6) is 5.75 Å². The van der Waals surface area contributed by atoms with Crippen LogP contribution in [0.1, 0.15) is 24.4 Å². The van der Waals surface area contributed by atoms with Crippen LogP contribution in [0.25, 0.3) is 22.8 Å². The summed E-state index contributed by atoms with van der Waals surface area (Å²) < 4.78 is 48.9. The van der Waals surface area contributed by atoms with Crippen LogP contribution in [-0.2, 0) is 0 Å². The molecule has 0 unspecified atom stereocenters. The average molecular weight is 415 g/mol. The molecule has 1 aliphatic carbocycles. The second-order valence-electron chi connectivity index (χ2n) is 6.99. The van der Waals surface area contributed by atoms with Crippen molar-refractivity contribution in [2.75, 3.05) is 7.11 Å². The van der Waals surface area contributed by atoms with E-state index in [1.54, 1.807) is 32.5 Å². The molecule has 3 aromatic rings. The van der Waals surface area contributed by atoms with Gasteiger partial charge in [-0.15, -0.1) is 5.10 Å². The first kappa shape index (κ1) is 19.9. The van der Waals surface area contributed by atoms with Gasteiger partial charge in [-0.05, 0) is 44.9 Å². The second-order valence-corrected chi connectivity index (χ2v) is 6.99. The first-order valence-electron chi connectivity index (χ1n) is 9.39. The Balaban J connectivity index is 1.73. The number of halogens is 3. The summed E-state index contributed by atoms with van der Waals surface area (Å²) in [6, 6.07) is 5.41. The van der Waals surface area contributed by atoms with Crippen molar-refractivity contribution in [1.29, 1.82) is 0 Å². The quantitative estimate of drug-likeness (QED) is 0.610. The van der Waals surface area contributed by atoms with Gasteiger partial charge in [0.2, 0.25) is 0 Å². The summed E-state index contributed by atoms with van der Waals surface area (Å²) in [6.45, 7) is 3.53. The van der Waals surface area contributed by atoms with Gasteiger partial charge < -0.3 is 9.30 Å². The number of aromatic nitrogens is 5. The highest BCUT2D eigenvalue weighted by molar-refractivity contribution is 5.69. The van der Waals surface area contributed by atoms with Gasteiger partial charge in [0.1, 0.15) is 11.6 Å². The van der Waals surface area contributed by atoms with E-state index in [0.717, 1.165) is 11.4 Å². The maximum atomic E-state index is 13.4. The number of hydrogen-bond acceptors (Lipinski definition) is 4. The monoisotopic (exact) mass is 415 g/mol. The van der Waals surface area contributed by atoms with Gasteiger partial charge in [0.25, 0.3) is 0 Å². The normalized spacial score (nSPS) is 14.5. The molecule has 2 heterocycles. The molecule has 0 amide bonds. The van der Waals surface area contributed by atoms with Gasteiger partial charge in [-0.3, -0.25) is 0 Å². The Labute approximate surface area is 171 Å². The number of hydrogen-bond donors (Lipinski definition) is 0. The molecule has 9 heteroatoms. The maximum absolute atomic E-state index is 13.4. The number of benzene rings is 1. The van der Waals surface area contributed by atoms with E-state index in [-0.39, 0.29) is 5.70 Å². The van der Waals surface area contributed by atoms with E-state index in [1.165, 1.54) is 10.8 Å². The predicted molar refractivity (Wildman–Crippen MR) is 106 cm³/mol. The zero-order chi connectivity index (χ0) is 21.5. The standard InChI is InChI=1S/C21H20F3N5O/c1-13-11-28(12-25-13)18-9-8-15(10-19(18)30-3)20-26-14(2)29(27-20)17-7-5-4-6-16(17)21(22,23)24/h6-12H,4-5H2,1-3H3. The first-order chi connectivity index (χ1) is 14.3. The summed E-state index contributed by atoms with van der Waals surface area (Å²) in [5.41, 5.74) is 1.63. The van der Waals surface area contributed by atoms with Crippen molar-refractivity contribution in [3.05, 3.63) is 60.0 Å². The Morgan fingerprint density at radius 3 is 2.53 bits per heavy atom. The van der Waals surface area contributed by atoms with Crippen molar-refractivity contribution < 1.29 is 17.9 Å². The molecule has 0 bridgehead atoms. The van der Waals surface area contributed by atoms with Crippen molar-refractivity contribution in [3.63, 3.8) is 0 Å². The molecule has 1 aliphatic rings. The molecule has 0 saturated heterocycles. The van der Waals surface area contributed by atoms with Crippen LogP contribution in [0.3, 0.4) is 0 Å². The lowest BCUT2D eigenvalue weighted by molar-refractivity contribution is -0.0880. The second kappa shape index (κ2) is 7.47. The Hall–Kier alpha value is -3.36. The van der Waals surface area contributed by atoms with E-state index >= 15 is 0 Å². The largest absolute Gasteiger partial charge is 0.495 e. The summed E-state index contributed by atoms with van der Waals surface area (Å²) in [5.74, 6) is 1.28. The third kappa shape index (κ3) is 3.62. The molecule has 6 nitrogen and oxygen atoms in total. The van der Waals surface area contributed by atoms with Crippen LogP contribution in [-0.4, -0.2) is 37.6 Å². The van der Waals surface area contributed by atoms with E-state index in [1.807, 2.05) is 29.8 Å². The first-order valence-corrected chi connectivity index (χ1v) is 9.39. The van der Waals surface area contributed by atoms with Gasteiger partial charge in [-0.2, -0.15) is 13.2 Å². The number of rotatable bonds is 4. The van der Waals surface area contributed by atoms with E-state index in [0.29, 0.717) is 35.8 Å². The van der Waals surface area contributed by atoms with E-state index in [2.05, 4.69) is 15.1 Å². The van der Waals surface area contributed by atoms with Crippen molar-refractivity contribution >= 4 is 5.70 Å². The lowest BCUT2D eigenvalue weighted by Gasteiger charge is -2.19. The summed E-state index contributed by atoms with van der Waals surface area (Å²) in [7, 11) is 1.55. The van der Waals surface area contributed by atoms with Crippen molar-refractivity contribution in [2.24, 2.45) is 0 Å². The van der Waals surface area contributed by atoms with Crippen molar-refractivity contribution in [2.45, 2.75) is 32.9 Å². The molecule has 0 radical (unpaired) electrons. The Kier molecular flexibility index (Phi) is 4.97. The lowest BCUT2D eigenvalue weighted by atomic mass is 10.0. The minimum absolute atomic E-state index is 0.0162. The molecule has 0 saturated carbocycles. The molecule has 4 rings (SSSR count). The van der Waals surface area contributed by atoms with Gasteiger partial charge >= 0.3 is 6.18 Å². The molecule has 156 valence electrons. The zero-order valence-corrected chi connectivity index (χ0v) is 16.7. The summed E-state index contributed by atoms with van der Waals surface area (Å²) in [6.07, 6.45) is 2.75. The Morgan fingerprint density at radius 1 is 1.10 bits per heavy atom. The van der Waals surface area contributed by atoms with Crippen LogP contribution < -0.4 is 4.74 Å².